The summed E-state index contributed by atoms with van der Waals surface area (Å²) in [6, 6.07) is 6.12. The van der Waals surface area contributed by atoms with Crippen LogP contribution in [-0.4, -0.2) is 30.8 Å². The smallest absolute Gasteiger partial charge is 0.177 e. The van der Waals surface area contributed by atoms with Gasteiger partial charge in [-0.05, 0) is 63.5 Å². The quantitative estimate of drug-likeness (QED) is 0.766. The van der Waals surface area contributed by atoms with Gasteiger partial charge in [-0.2, -0.15) is 0 Å². The van der Waals surface area contributed by atoms with E-state index < -0.39 is 0 Å². The number of nitrogens with zero attached hydrogens (tertiary/aromatic N) is 1. The Morgan fingerprint density at radius 3 is 2.67 bits per heavy atom. The molecule has 0 spiro atoms. The van der Waals surface area contributed by atoms with E-state index in [0.717, 1.165) is 35.4 Å². The number of likely N-dealkylation sites (N-methyl/N-ethyl adjacent to an activating group) is 1. The number of aryl methyl sites for hydroxylation is 2. The minimum absolute atomic E-state index is 0.262. The largest absolute Gasteiger partial charge is 0.299 e. The van der Waals surface area contributed by atoms with Gasteiger partial charge in [-0.15, -0.1) is 0 Å². The van der Waals surface area contributed by atoms with Gasteiger partial charge in [0.1, 0.15) is 0 Å². The number of hydrogen-bond acceptors (Lipinski definition) is 2. The van der Waals surface area contributed by atoms with E-state index in [-0.39, 0.29) is 5.78 Å². The van der Waals surface area contributed by atoms with E-state index in [0.29, 0.717) is 6.54 Å². The Balaban J connectivity index is 1.57. The van der Waals surface area contributed by atoms with Crippen molar-refractivity contribution in [3.63, 3.8) is 0 Å². The molecule has 1 aromatic rings. The SMILES string of the molecule is Cc1ccc(C(=O)CN(C)CC2CC3CCC2C3)c(C)c1. The fraction of sp³-hybridized carbons (Fsp3) is 0.632. The highest BCUT2D eigenvalue weighted by Gasteiger charge is 2.39. The molecule has 0 radical (unpaired) electrons. The third-order valence-corrected chi connectivity index (χ3v) is 5.53. The lowest BCUT2D eigenvalue weighted by Crippen LogP contribution is -2.33. The molecule has 0 aromatic heterocycles. The molecule has 3 rings (SSSR count). The molecule has 2 bridgehead atoms. The second-order valence-corrected chi connectivity index (χ2v) is 7.37. The van der Waals surface area contributed by atoms with Gasteiger partial charge >= 0.3 is 0 Å². The third kappa shape index (κ3) is 3.21. The zero-order valence-electron chi connectivity index (χ0n) is 13.6. The van der Waals surface area contributed by atoms with Crippen molar-refractivity contribution in [2.24, 2.45) is 17.8 Å². The normalized spacial score (nSPS) is 27.5. The Hall–Kier alpha value is -1.15. The van der Waals surface area contributed by atoms with Gasteiger partial charge in [0.05, 0.1) is 6.54 Å². The maximum atomic E-state index is 12.5. The summed E-state index contributed by atoms with van der Waals surface area (Å²) in [5.74, 6) is 3.02. The summed E-state index contributed by atoms with van der Waals surface area (Å²) in [6.07, 6.45) is 5.72. The molecule has 2 aliphatic carbocycles. The first-order valence-corrected chi connectivity index (χ1v) is 8.32. The topological polar surface area (TPSA) is 20.3 Å². The number of benzene rings is 1. The van der Waals surface area contributed by atoms with Crippen molar-refractivity contribution >= 4 is 5.78 Å². The Kier molecular flexibility index (Phi) is 4.17. The lowest BCUT2D eigenvalue weighted by atomic mass is 9.88. The number of rotatable bonds is 5. The number of carbonyl (C=O) groups excluding carboxylic acids is 1. The number of carbonyl (C=O) groups is 1. The molecule has 0 N–H and O–H groups in total. The van der Waals surface area contributed by atoms with Gasteiger partial charge in [-0.25, -0.2) is 0 Å². The van der Waals surface area contributed by atoms with Crippen LogP contribution in [0.3, 0.4) is 0 Å². The molecule has 2 saturated carbocycles. The Morgan fingerprint density at radius 2 is 2.05 bits per heavy atom. The van der Waals surface area contributed by atoms with Crippen LogP contribution in [0.2, 0.25) is 0 Å². The molecule has 21 heavy (non-hydrogen) atoms. The third-order valence-electron chi connectivity index (χ3n) is 5.53. The maximum Gasteiger partial charge on any atom is 0.177 e. The van der Waals surface area contributed by atoms with E-state index in [2.05, 4.69) is 24.9 Å². The predicted molar refractivity (Wildman–Crippen MR) is 86.7 cm³/mol. The van der Waals surface area contributed by atoms with Crippen LogP contribution in [0.1, 0.15) is 47.2 Å². The molecule has 0 saturated heterocycles. The molecule has 2 nitrogen and oxygen atoms in total. The molecule has 0 heterocycles. The Morgan fingerprint density at radius 1 is 1.24 bits per heavy atom. The zero-order chi connectivity index (χ0) is 15.0. The Bertz CT molecular complexity index is 536. The van der Waals surface area contributed by atoms with E-state index in [1.54, 1.807) is 0 Å². The fourth-order valence-electron chi connectivity index (χ4n) is 4.52. The predicted octanol–water partition coefficient (Wildman–Crippen LogP) is 3.85. The van der Waals surface area contributed by atoms with Crippen molar-refractivity contribution in [3.05, 3.63) is 34.9 Å². The van der Waals surface area contributed by atoms with Gasteiger partial charge in [0.25, 0.3) is 0 Å². The standard InChI is InChI=1S/C19H27NO/c1-13-4-7-18(14(2)8-13)19(21)12-20(3)11-17-10-15-5-6-16(17)9-15/h4,7-8,15-17H,5-6,9-12H2,1-3H3. The van der Waals surface area contributed by atoms with Crippen LogP contribution in [0.4, 0.5) is 0 Å². The van der Waals surface area contributed by atoms with Crippen LogP contribution in [0.5, 0.6) is 0 Å². The molecular weight excluding hydrogens is 258 g/mol. The molecule has 2 fully saturated rings. The first-order valence-electron chi connectivity index (χ1n) is 8.32. The second-order valence-electron chi connectivity index (χ2n) is 7.37. The molecule has 114 valence electrons. The van der Waals surface area contributed by atoms with Gasteiger partial charge in [0.2, 0.25) is 0 Å². The second kappa shape index (κ2) is 5.92. The van der Waals surface area contributed by atoms with Gasteiger partial charge in [0, 0.05) is 12.1 Å². The molecule has 1 aromatic carbocycles. The van der Waals surface area contributed by atoms with Crippen LogP contribution in [-0.2, 0) is 0 Å². The van der Waals surface area contributed by atoms with Crippen LogP contribution in [0.25, 0.3) is 0 Å². The number of ketones is 1. The number of Topliss-reactive ketones (excluding diaryl/α,β-unsaturated/α-hetero) is 1. The molecule has 3 unspecified atom stereocenters. The maximum absolute atomic E-state index is 12.5. The summed E-state index contributed by atoms with van der Waals surface area (Å²) >= 11 is 0. The van der Waals surface area contributed by atoms with E-state index in [1.807, 2.05) is 19.1 Å². The van der Waals surface area contributed by atoms with E-state index in [4.69, 9.17) is 0 Å². The van der Waals surface area contributed by atoms with Crippen LogP contribution in [0, 0.1) is 31.6 Å². The fourth-order valence-corrected chi connectivity index (χ4v) is 4.52. The molecule has 3 atom stereocenters. The van der Waals surface area contributed by atoms with Crippen LogP contribution >= 0.6 is 0 Å². The highest BCUT2D eigenvalue weighted by Crippen LogP contribution is 2.48. The number of fused-ring (bicyclic) bond motifs is 2. The lowest BCUT2D eigenvalue weighted by Gasteiger charge is -2.26. The lowest BCUT2D eigenvalue weighted by molar-refractivity contribution is 0.0928. The minimum atomic E-state index is 0.262. The van der Waals surface area contributed by atoms with Crippen molar-refractivity contribution in [3.8, 4) is 0 Å². The van der Waals surface area contributed by atoms with Crippen LogP contribution < -0.4 is 0 Å². The van der Waals surface area contributed by atoms with Crippen LogP contribution in [0.15, 0.2) is 18.2 Å². The van der Waals surface area contributed by atoms with Gasteiger partial charge in [0.15, 0.2) is 5.78 Å². The average Bonchev–Trinajstić information content (AvgIpc) is 3.00. The average molecular weight is 285 g/mol. The molecule has 2 heteroatoms. The first kappa shape index (κ1) is 14.8. The van der Waals surface area contributed by atoms with Gasteiger partial charge in [-0.3, -0.25) is 9.69 Å². The molecular formula is C19H27NO. The monoisotopic (exact) mass is 285 g/mol. The van der Waals surface area contributed by atoms with Crippen molar-refractivity contribution in [1.29, 1.82) is 0 Å². The van der Waals surface area contributed by atoms with E-state index in [9.17, 15) is 4.79 Å². The van der Waals surface area contributed by atoms with Crippen molar-refractivity contribution in [2.45, 2.75) is 39.5 Å². The zero-order valence-corrected chi connectivity index (χ0v) is 13.6. The Labute approximate surface area is 128 Å². The van der Waals surface area contributed by atoms with Crippen molar-refractivity contribution in [2.75, 3.05) is 20.1 Å². The first-order chi connectivity index (χ1) is 10.0. The van der Waals surface area contributed by atoms with E-state index >= 15 is 0 Å². The summed E-state index contributed by atoms with van der Waals surface area (Å²) < 4.78 is 0. The summed E-state index contributed by atoms with van der Waals surface area (Å²) in [4.78, 5) is 14.7. The molecule has 2 aliphatic rings. The van der Waals surface area contributed by atoms with Crippen molar-refractivity contribution < 1.29 is 4.79 Å². The molecule has 0 amide bonds. The highest BCUT2D eigenvalue weighted by atomic mass is 16.1. The van der Waals surface area contributed by atoms with E-state index in [1.165, 1.54) is 31.2 Å². The number of hydrogen-bond donors (Lipinski definition) is 0. The highest BCUT2D eigenvalue weighted by molar-refractivity contribution is 5.98. The van der Waals surface area contributed by atoms with Gasteiger partial charge in [-0.1, -0.05) is 30.2 Å². The van der Waals surface area contributed by atoms with Gasteiger partial charge < -0.3 is 0 Å². The van der Waals surface area contributed by atoms with Crippen molar-refractivity contribution in [1.82, 2.24) is 4.90 Å². The summed E-state index contributed by atoms with van der Waals surface area (Å²) in [7, 11) is 2.10. The molecule has 0 aliphatic heterocycles. The summed E-state index contributed by atoms with van der Waals surface area (Å²) in [5, 5.41) is 0. The summed E-state index contributed by atoms with van der Waals surface area (Å²) in [6.45, 7) is 5.76. The summed E-state index contributed by atoms with van der Waals surface area (Å²) in [5.41, 5.74) is 3.22. The minimum Gasteiger partial charge on any atom is -0.299 e.